The summed E-state index contributed by atoms with van der Waals surface area (Å²) in [5, 5.41) is 2.74. The first kappa shape index (κ1) is 17.2. The second-order valence-electron chi connectivity index (χ2n) is 5.69. The Morgan fingerprint density at radius 3 is 2.70 bits per heavy atom. The van der Waals surface area contributed by atoms with E-state index < -0.39 is 11.5 Å². The van der Waals surface area contributed by atoms with Gasteiger partial charge in [-0.05, 0) is 24.6 Å². The third-order valence-corrected chi connectivity index (χ3v) is 5.06. The van der Waals surface area contributed by atoms with Gasteiger partial charge < -0.3 is 9.47 Å². The number of fused-ring (bicyclic) bond motifs is 3. The molecule has 0 fully saturated rings. The minimum absolute atomic E-state index is 0.114. The van der Waals surface area contributed by atoms with Gasteiger partial charge in [-0.15, -0.1) is 11.3 Å². The summed E-state index contributed by atoms with van der Waals surface area (Å²) in [6.45, 7) is 1.87. The van der Waals surface area contributed by atoms with Crippen LogP contribution in [0.3, 0.4) is 0 Å². The molecule has 7 nitrogen and oxygen atoms in total. The van der Waals surface area contributed by atoms with Gasteiger partial charge in [0.2, 0.25) is 0 Å². The molecule has 0 unspecified atom stereocenters. The van der Waals surface area contributed by atoms with Crippen molar-refractivity contribution >= 4 is 33.2 Å². The Morgan fingerprint density at radius 2 is 2.00 bits per heavy atom. The fourth-order valence-corrected chi connectivity index (χ4v) is 3.77. The predicted octanol–water partition coefficient (Wildman–Crippen LogP) is 3.16. The first-order valence-electron chi connectivity index (χ1n) is 8.23. The van der Waals surface area contributed by atoms with Gasteiger partial charge >= 0.3 is 5.97 Å². The SMILES string of the molecule is CCOC(=O)c1cnc2c3c(-c4ccc(OC)cc4)csc3ncn2c1=O. The fraction of sp³-hybridized carbons (Fsp3) is 0.158. The molecular weight excluding hydrogens is 366 g/mol. The van der Waals surface area contributed by atoms with Gasteiger partial charge in [-0.25, -0.2) is 19.2 Å². The Bertz CT molecular complexity index is 1210. The lowest BCUT2D eigenvalue weighted by Crippen LogP contribution is -2.24. The van der Waals surface area contributed by atoms with Crippen LogP contribution in [0.5, 0.6) is 5.75 Å². The normalized spacial score (nSPS) is 11.0. The van der Waals surface area contributed by atoms with Gasteiger partial charge in [0.1, 0.15) is 22.5 Å². The maximum atomic E-state index is 12.7. The van der Waals surface area contributed by atoms with E-state index in [4.69, 9.17) is 9.47 Å². The fourth-order valence-electron chi connectivity index (χ4n) is 2.86. The molecular formula is C19H15N3O4S. The minimum Gasteiger partial charge on any atom is -0.497 e. The highest BCUT2D eigenvalue weighted by molar-refractivity contribution is 7.17. The van der Waals surface area contributed by atoms with Gasteiger partial charge in [-0.2, -0.15) is 0 Å². The average Bonchev–Trinajstić information content (AvgIpc) is 3.13. The number of benzene rings is 1. The smallest absolute Gasteiger partial charge is 0.345 e. The van der Waals surface area contributed by atoms with Crippen molar-refractivity contribution < 1.29 is 14.3 Å². The summed E-state index contributed by atoms with van der Waals surface area (Å²) < 4.78 is 11.4. The standard InChI is InChI=1S/C19H15N3O4S/c1-3-26-19(24)13-8-20-16-15-14(11-4-6-12(25-2)7-5-11)9-27-17(15)21-10-22(16)18(13)23/h4-10H,3H2,1-2H3. The summed E-state index contributed by atoms with van der Waals surface area (Å²) in [7, 11) is 1.61. The van der Waals surface area contributed by atoms with Crippen molar-refractivity contribution in [1.29, 1.82) is 0 Å². The summed E-state index contributed by atoms with van der Waals surface area (Å²) in [5.41, 5.74) is 1.71. The maximum Gasteiger partial charge on any atom is 0.345 e. The molecule has 0 atom stereocenters. The van der Waals surface area contributed by atoms with Gasteiger partial charge in [0.15, 0.2) is 5.65 Å². The van der Waals surface area contributed by atoms with E-state index in [1.165, 1.54) is 28.3 Å². The summed E-state index contributed by atoms with van der Waals surface area (Å²) in [4.78, 5) is 34.2. The molecule has 4 rings (SSSR count). The molecule has 0 saturated carbocycles. The Balaban J connectivity index is 1.95. The zero-order chi connectivity index (χ0) is 19.0. The van der Waals surface area contributed by atoms with Crippen LogP contribution in [0.15, 0.2) is 47.0 Å². The molecule has 8 heteroatoms. The van der Waals surface area contributed by atoms with Crippen molar-refractivity contribution in [3.63, 3.8) is 0 Å². The van der Waals surface area contributed by atoms with E-state index in [0.29, 0.717) is 5.65 Å². The second kappa shape index (κ2) is 6.81. The molecule has 0 N–H and O–H groups in total. The topological polar surface area (TPSA) is 82.8 Å². The lowest BCUT2D eigenvalue weighted by atomic mass is 10.1. The second-order valence-corrected chi connectivity index (χ2v) is 6.55. The number of carbonyl (C=O) groups is 1. The molecule has 0 saturated heterocycles. The highest BCUT2D eigenvalue weighted by Crippen LogP contribution is 2.35. The molecule has 1 aromatic carbocycles. The molecule has 0 aliphatic carbocycles. The average molecular weight is 381 g/mol. The summed E-state index contributed by atoms with van der Waals surface area (Å²) in [6, 6.07) is 7.62. The van der Waals surface area contributed by atoms with Gasteiger partial charge in [-0.1, -0.05) is 12.1 Å². The van der Waals surface area contributed by atoms with Crippen LogP contribution < -0.4 is 10.3 Å². The number of rotatable bonds is 4. The van der Waals surface area contributed by atoms with Crippen molar-refractivity contribution in [3.8, 4) is 16.9 Å². The number of ether oxygens (including phenoxy) is 2. The maximum absolute atomic E-state index is 12.7. The quantitative estimate of drug-likeness (QED) is 0.505. The Morgan fingerprint density at radius 1 is 1.22 bits per heavy atom. The molecule has 3 heterocycles. The molecule has 136 valence electrons. The number of hydrogen-bond acceptors (Lipinski definition) is 7. The number of hydrogen-bond donors (Lipinski definition) is 0. The molecule has 0 radical (unpaired) electrons. The van der Waals surface area contributed by atoms with E-state index >= 15 is 0 Å². The van der Waals surface area contributed by atoms with Gasteiger partial charge in [0.05, 0.1) is 19.1 Å². The highest BCUT2D eigenvalue weighted by atomic mass is 32.1. The third kappa shape index (κ3) is 2.83. The van der Waals surface area contributed by atoms with E-state index in [2.05, 4.69) is 9.97 Å². The number of nitrogens with zero attached hydrogens (tertiary/aromatic N) is 3. The Labute approximate surface area is 157 Å². The van der Waals surface area contributed by atoms with Crippen molar-refractivity contribution in [2.24, 2.45) is 0 Å². The molecule has 0 aliphatic heterocycles. The summed E-state index contributed by atoms with van der Waals surface area (Å²) >= 11 is 1.47. The lowest BCUT2D eigenvalue weighted by molar-refractivity contribution is 0.0523. The molecule has 27 heavy (non-hydrogen) atoms. The minimum atomic E-state index is -0.690. The van der Waals surface area contributed by atoms with Crippen molar-refractivity contribution in [1.82, 2.24) is 14.4 Å². The number of aromatic nitrogens is 3. The molecule has 0 aliphatic rings. The summed E-state index contributed by atoms with van der Waals surface area (Å²) in [6.07, 6.45) is 2.66. The van der Waals surface area contributed by atoms with E-state index in [1.54, 1.807) is 14.0 Å². The Hall–Kier alpha value is -3.26. The lowest BCUT2D eigenvalue weighted by Gasteiger charge is -2.07. The monoisotopic (exact) mass is 381 g/mol. The largest absolute Gasteiger partial charge is 0.497 e. The molecule has 0 spiro atoms. The first-order valence-corrected chi connectivity index (χ1v) is 9.11. The van der Waals surface area contributed by atoms with Crippen LogP contribution in [0.25, 0.3) is 27.0 Å². The molecule has 0 amide bonds. The van der Waals surface area contributed by atoms with E-state index in [9.17, 15) is 9.59 Å². The van der Waals surface area contributed by atoms with Gasteiger partial charge in [0, 0.05) is 17.1 Å². The van der Waals surface area contributed by atoms with Crippen molar-refractivity contribution in [3.05, 3.63) is 58.1 Å². The predicted molar refractivity (Wildman–Crippen MR) is 103 cm³/mol. The van der Waals surface area contributed by atoms with Crippen LogP contribution >= 0.6 is 11.3 Å². The molecule has 4 aromatic rings. The number of esters is 1. The van der Waals surface area contributed by atoms with Crippen LogP contribution in [0.4, 0.5) is 0 Å². The highest BCUT2D eigenvalue weighted by Gasteiger charge is 2.18. The number of thiophene rings is 1. The van der Waals surface area contributed by atoms with E-state index in [-0.39, 0.29) is 12.2 Å². The van der Waals surface area contributed by atoms with Crippen LogP contribution in [0, 0.1) is 0 Å². The first-order chi connectivity index (χ1) is 13.1. The zero-order valence-electron chi connectivity index (χ0n) is 14.6. The Kier molecular flexibility index (Phi) is 4.33. The van der Waals surface area contributed by atoms with E-state index in [1.807, 2.05) is 29.6 Å². The number of carbonyl (C=O) groups excluding carboxylic acids is 1. The van der Waals surface area contributed by atoms with Crippen LogP contribution in [-0.2, 0) is 4.74 Å². The molecule has 0 bridgehead atoms. The van der Waals surface area contributed by atoms with Crippen LogP contribution in [-0.4, -0.2) is 34.1 Å². The van der Waals surface area contributed by atoms with Gasteiger partial charge in [0.25, 0.3) is 5.56 Å². The van der Waals surface area contributed by atoms with Crippen LogP contribution in [0.2, 0.25) is 0 Å². The zero-order valence-corrected chi connectivity index (χ0v) is 15.4. The molecule has 3 aromatic heterocycles. The number of methoxy groups -OCH3 is 1. The van der Waals surface area contributed by atoms with Gasteiger partial charge in [-0.3, -0.25) is 4.79 Å². The third-order valence-electron chi connectivity index (χ3n) is 4.18. The van der Waals surface area contributed by atoms with Crippen LogP contribution in [0.1, 0.15) is 17.3 Å². The summed E-state index contributed by atoms with van der Waals surface area (Å²) in [5.74, 6) is 0.0693. The van der Waals surface area contributed by atoms with E-state index in [0.717, 1.165) is 27.1 Å². The van der Waals surface area contributed by atoms with Crippen molar-refractivity contribution in [2.45, 2.75) is 6.92 Å². The van der Waals surface area contributed by atoms with Crippen molar-refractivity contribution in [2.75, 3.05) is 13.7 Å².